The Labute approximate surface area is 223 Å². The summed E-state index contributed by atoms with van der Waals surface area (Å²) in [5.74, 6) is 0.215. The van der Waals surface area contributed by atoms with Crippen LogP contribution in [0.5, 0.6) is 11.5 Å². The lowest BCUT2D eigenvalue weighted by atomic mass is 10.1. The van der Waals surface area contributed by atoms with Gasteiger partial charge >= 0.3 is 0 Å². The monoisotopic (exact) mass is 537 g/mol. The Morgan fingerprint density at radius 3 is 2.29 bits per heavy atom. The Bertz CT molecular complexity index is 1450. The zero-order valence-electron chi connectivity index (χ0n) is 21.9. The maximum Gasteiger partial charge on any atom is 0.264 e. The molecule has 200 valence electrons. The number of sulfonamides is 1. The van der Waals surface area contributed by atoms with Gasteiger partial charge in [0.25, 0.3) is 10.0 Å². The van der Waals surface area contributed by atoms with Crippen molar-refractivity contribution < 1.29 is 27.5 Å². The van der Waals surface area contributed by atoms with E-state index in [-0.39, 0.29) is 16.6 Å². The molecule has 0 aromatic heterocycles. The molecule has 0 bridgehead atoms. The van der Waals surface area contributed by atoms with Crippen molar-refractivity contribution >= 4 is 38.9 Å². The molecule has 1 saturated heterocycles. The van der Waals surface area contributed by atoms with Crippen LogP contribution < -0.4 is 24.0 Å². The number of hydrogen-bond donors (Lipinski definition) is 1. The summed E-state index contributed by atoms with van der Waals surface area (Å²) in [6, 6.07) is 16.5. The van der Waals surface area contributed by atoms with Crippen LogP contribution in [0.25, 0.3) is 0 Å². The quantitative estimate of drug-likeness (QED) is 0.437. The highest BCUT2D eigenvalue weighted by Gasteiger charge is 2.29. The SMILES string of the molecule is COc1ccc(S(=O)(=O)N(CC(=O)Nc2ccc(N3CCCC3=O)c(C)c2)c2ccc(C)cc2)cc1OC. The molecule has 1 aliphatic rings. The van der Waals surface area contributed by atoms with Crippen molar-refractivity contribution in [2.24, 2.45) is 0 Å². The van der Waals surface area contributed by atoms with Gasteiger partial charge in [-0.1, -0.05) is 17.7 Å². The highest BCUT2D eigenvalue weighted by Crippen LogP contribution is 2.32. The average Bonchev–Trinajstić information content (AvgIpc) is 3.32. The van der Waals surface area contributed by atoms with E-state index in [1.165, 1.54) is 32.4 Å². The zero-order valence-corrected chi connectivity index (χ0v) is 22.7. The van der Waals surface area contributed by atoms with Crippen LogP contribution in [0, 0.1) is 13.8 Å². The standard InChI is InChI=1S/C28H31N3O6S/c1-19-7-10-22(11-8-19)31(38(34,35)23-12-14-25(36-3)26(17-23)37-4)18-27(32)29-21-9-13-24(20(2)16-21)30-15-5-6-28(30)33/h7-14,16-17H,5-6,15,18H2,1-4H3,(H,29,32). The van der Waals surface area contributed by atoms with Gasteiger partial charge in [-0.15, -0.1) is 0 Å². The predicted molar refractivity (Wildman–Crippen MR) is 147 cm³/mol. The number of anilines is 3. The highest BCUT2D eigenvalue weighted by molar-refractivity contribution is 7.92. The molecule has 3 aromatic rings. The Kier molecular flexibility index (Phi) is 7.91. The first-order valence-corrected chi connectivity index (χ1v) is 13.6. The summed E-state index contributed by atoms with van der Waals surface area (Å²) in [5.41, 5.74) is 3.46. The molecule has 0 atom stereocenters. The van der Waals surface area contributed by atoms with Crippen molar-refractivity contribution in [1.29, 1.82) is 0 Å². The molecule has 0 saturated carbocycles. The minimum absolute atomic E-state index is 0.0426. The highest BCUT2D eigenvalue weighted by atomic mass is 32.2. The first-order chi connectivity index (χ1) is 18.1. The Morgan fingerprint density at radius 2 is 1.68 bits per heavy atom. The van der Waals surface area contributed by atoms with Crippen molar-refractivity contribution in [3.63, 3.8) is 0 Å². The van der Waals surface area contributed by atoms with Crippen molar-refractivity contribution in [3.8, 4) is 11.5 Å². The van der Waals surface area contributed by atoms with Crippen molar-refractivity contribution in [2.75, 3.05) is 41.8 Å². The smallest absolute Gasteiger partial charge is 0.264 e. The number of nitrogens with one attached hydrogen (secondary N) is 1. The number of rotatable bonds is 9. The van der Waals surface area contributed by atoms with Gasteiger partial charge < -0.3 is 19.7 Å². The van der Waals surface area contributed by atoms with Gasteiger partial charge in [0.1, 0.15) is 6.54 Å². The second kappa shape index (κ2) is 11.1. The number of hydrogen-bond acceptors (Lipinski definition) is 6. The second-order valence-electron chi connectivity index (χ2n) is 9.06. The number of amides is 2. The van der Waals surface area contributed by atoms with Gasteiger partial charge in [0.2, 0.25) is 11.8 Å². The molecule has 4 rings (SSSR count). The molecule has 9 nitrogen and oxygen atoms in total. The molecule has 1 heterocycles. The molecular weight excluding hydrogens is 506 g/mol. The van der Waals surface area contributed by atoms with E-state index in [2.05, 4.69) is 5.32 Å². The minimum atomic E-state index is -4.15. The van der Waals surface area contributed by atoms with Crippen LogP contribution in [0.1, 0.15) is 24.0 Å². The van der Waals surface area contributed by atoms with Gasteiger partial charge in [-0.2, -0.15) is 0 Å². The first-order valence-electron chi connectivity index (χ1n) is 12.2. The second-order valence-corrected chi connectivity index (χ2v) is 10.9. The third-order valence-corrected chi connectivity index (χ3v) is 8.17. The third kappa shape index (κ3) is 5.60. The molecule has 1 aliphatic heterocycles. The van der Waals surface area contributed by atoms with Crippen LogP contribution in [0.2, 0.25) is 0 Å². The van der Waals surface area contributed by atoms with Crippen LogP contribution in [0.15, 0.2) is 65.6 Å². The number of carbonyl (C=O) groups excluding carboxylic acids is 2. The van der Waals surface area contributed by atoms with Crippen LogP contribution in [0.4, 0.5) is 17.1 Å². The fraction of sp³-hybridized carbons (Fsp3) is 0.286. The van der Waals surface area contributed by atoms with Crippen molar-refractivity contribution in [2.45, 2.75) is 31.6 Å². The van der Waals surface area contributed by atoms with Gasteiger partial charge in [-0.3, -0.25) is 13.9 Å². The summed E-state index contributed by atoms with van der Waals surface area (Å²) in [6.45, 7) is 3.98. The molecule has 10 heteroatoms. The maximum atomic E-state index is 13.8. The predicted octanol–water partition coefficient (Wildman–Crippen LogP) is 4.28. The topological polar surface area (TPSA) is 105 Å². The van der Waals surface area contributed by atoms with Crippen molar-refractivity contribution in [3.05, 3.63) is 71.8 Å². The summed E-state index contributed by atoms with van der Waals surface area (Å²) in [6.07, 6.45) is 1.35. The largest absolute Gasteiger partial charge is 0.493 e. The minimum Gasteiger partial charge on any atom is -0.493 e. The zero-order chi connectivity index (χ0) is 27.4. The maximum absolute atomic E-state index is 13.8. The Morgan fingerprint density at radius 1 is 0.974 bits per heavy atom. The van der Waals surface area contributed by atoms with Gasteiger partial charge in [-0.05, 0) is 68.3 Å². The number of aryl methyl sites for hydroxylation is 2. The van der Waals surface area contributed by atoms with Crippen molar-refractivity contribution in [1.82, 2.24) is 0 Å². The summed E-state index contributed by atoms with van der Waals surface area (Å²) < 4.78 is 39.1. The number of ether oxygens (including phenoxy) is 2. The lowest BCUT2D eigenvalue weighted by molar-refractivity contribution is -0.117. The van der Waals surface area contributed by atoms with E-state index in [0.29, 0.717) is 30.1 Å². The van der Waals surface area contributed by atoms with Crippen LogP contribution in [-0.4, -0.2) is 47.5 Å². The summed E-state index contributed by atoms with van der Waals surface area (Å²) in [4.78, 5) is 27.0. The van der Waals surface area contributed by atoms with E-state index in [0.717, 1.165) is 27.5 Å². The molecule has 3 aromatic carbocycles. The molecule has 1 N–H and O–H groups in total. The molecular formula is C28H31N3O6S. The Balaban J connectivity index is 1.61. The van der Waals surface area contributed by atoms with E-state index < -0.39 is 22.5 Å². The normalized spacial score (nSPS) is 13.4. The van der Waals surface area contributed by atoms with Crippen LogP contribution >= 0.6 is 0 Å². The van der Waals surface area contributed by atoms with Gasteiger partial charge in [0.15, 0.2) is 11.5 Å². The molecule has 0 radical (unpaired) electrons. The fourth-order valence-corrected chi connectivity index (χ4v) is 5.84. The molecule has 0 unspecified atom stereocenters. The number of carbonyl (C=O) groups is 2. The van der Waals surface area contributed by atoms with Crippen LogP contribution in [-0.2, 0) is 19.6 Å². The van der Waals surface area contributed by atoms with Gasteiger partial charge in [0.05, 0.1) is 24.8 Å². The number of nitrogens with zero attached hydrogens (tertiary/aromatic N) is 2. The third-order valence-electron chi connectivity index (χ3n) is 6.40. The van der Waals surface area contributed by atoms with Gasteiger partial charge in [0, 0.05) is 30.4 Å². The summed E-state index contributed by atoms with van der Waals surface area (Å²) >= 11 is 0. The summed E-state index contributed by atoms with van der Waals surface area (Å²) in [7, 11) is -1.26. The summed E-state index contributed by atoms with van der Waals surface area (Å²) in [5, 5.41) is 2.79. The number of benzene rings is 3. The number of methoxy groups -OCH3 is 2. The molecule has 1 fully saturated rings. The van der Waals surface area contributed by atoms with Gasteiger partial charge in [-0.25, -0.2) is 8.42 Å². The van der Waals surface area contributed by atoms with E-state index in [4.69, 9.17) is 9.47 Å². The lowest BCUT2D eigenvalue weighted by Crippen LogP contribution is -2.38. The van der Waals surface area contributed by atoms with Crippen LogP contribution in [0.3, 0.4) is 0 Å². The average molecular weight is 538 g/mol. The Hall–Kier alpha value is -4.05. The lowest BCUT2D eigenvalue weighted by Gasteiger charge is -2.25. The van der Waals surface area contributed by atoms with E-state index in [9.17, 15) is 18.0 Å². The molecule has 0 aliphatic carbocycles. The molecule has 2 amide bonds. The van der Waals surface area contributed by atoms with E-state index >= 15 is 0 Å². The molecule has 0 spiro atoms. The first kappa shape index (κ1) is 27.0. The molecule has 38 heavy (non-hydrogen) atoms. The van der Waals surface area contributed by atoms with E-state index in [1.807, 2.05) is 13.8 Å². The fourth-order valence-electron chi connectivity index (χ4n) is 4.40. The van der Waals surface area contributed by atoms with E-state index in [1.54, 1.807) is 47.4 Å².